The lowest BCUT2D eigenvalue weighted by Crippen LogP contribution is -2.03. The molecule has 1 aromatic rings. The molecule has 4 nitrogen and oxygen atoms in total. The van der Waals surface area contributed by atoms with Gasteiger partial charge < -0.3 is 13.8 Å². The van der Waals surface area contributed by atoms with E-state index in [4.69, 9.17) is 13.8 Å². The van der Waals surface area contributed by atoms with Crippen LogP contribution in [0.1, 0.15) is 25.3 Å². The van der Waals surface area contributed by atoms with Gasteiger partial charge in [0.2, 0.25) is 5.91 Å². The first-order valence-corrected chi connectivity index (χ1v) is 7.35. The molecular weight excluding hydrogens is 258 g/mol. The first kappa shape index (κ1) is 15.2. The van der Waals surface area contributed by atoms with Gasteiger partial charge in [-0.2, -0.15) is 0 Å². The van der Waals surface area contributed by atoms with Crippen molar-refractivity contribution < 1.29 is 22.7 Å². The van der Waals surface area contributed by atoms with Crippen LogP contribution in [0.5, 0.6) is 5.75 Å². The van der Waals surface area contributed by atoms with E-state index in [0.29, 0.717) is 5.75 Å². The zero-order valence-corrected chi connectivity index (χ0v) is 11.7. The van der Waals surface area contributed by atoms with Crippen molar-refractivity contribution in [3.8, 4) is 5.75 Å². The van der Waals surface area contributed by atoms with Crippen LogP contribution in [0, 0.1) is 0 Å². The van der Waals surface area contributed by atoms with Crippen LogP contribution < -0.4 is 4.74 Å². The van der Waals surface area contributed by atoms with Crippen LogP contribution in [0.15, 0.2) is 24.3 Å². The van der Waals surface area contributed by atoms with E-state index in [1.807, 2.05) is 0 Å². The Kier molecular flexibility index (Phi) is 5.79. The van der Waals surface area contributed by atoms with Gasteiger partial charge in [0.15, 0.2) is 0 Å². The topological polar surface area (TPSA) is 44.8 Å². The summed E-state index contributed by atoms with van der Waals surface area (Å²) in [6.45, 7) is 3.54. The Morgan fingerprint density at radius 3 is 2.39 bits per heavy atom. The second-order valence-electron chi connectivity index (χ2n) is 3.49. The molecule has 0 aliphatic rings. The zero-order chi connectivity index (χ0) is 13.6. The summed E-state index contributed by atoms with van der Waals surface area (Å²) < 4.78 is 41.5. The Hall–Kier alpha value is -0.900. The fraction of sp³-hybridized carbons (Fsp3) is 0.500. The molecule has 0 aliphatic heterocycles. The largest absolute Gasteiger partial charge is 0.497 e. The van der Waals surface area contributed by atoms with Gasteiger partial charge in [0, 0.05) is 5.56 Å². The molecule has 0 saturated carbocycles. The maximum absolute atomic E-state index is 14.3. The number of methoxy groups -OCH3 is 1. The molecule has 0 saturated heterocycles. The monoisotopic (exact) mass is 276 g/mol. The van der Waals surface area contributed by atoms with Crippen LogP contribution in [0.3, 0.4) is 0 Å². The number of hydrogen-bond acceptors (Lipinski definition) is 4. The number of ether oxygens (including phenoxy) is 1. The van der Waals surface area contributed by atoms with Crippen molar-refractivity contribution in [2.45, 2.75) is 19.8 Å². The summed E-state index contributed by atoms with van der Waals surface area (Å²) in [6.07, 6.45) is 0. The highest BCUT2D eigenvalue weighted by molar-refractivity contribution is 7.54. The molecule has 6 heteroatoms. The normalized spacial score (nSPS) is 13.3. The van der Waals surface area contributed by atoms with E-state index in [-0.39, 0.29) is 18.8 Å². The second-order valence-corrected chi connectivity index (χ2v) is 5.54. The van der Waals surface area contributed by atoms with Gasteiger partial charge >= 0.3 is 7.60 Å². The van der Waals surface area contributed by atoms with Crippen LogP contribution in [0.2, 0.25) is 0 Å². The van der Waals surface area contributed by atoms with Gasteiger partial charge in [-0.15, -0.1) is 0 Å². The van der Waals surface area contributed by atoms with Gasteiger partial charge in [-0.1, -0.05) is 12.1 Å². The van der Waals surface area contributed by atoms with Gasteiger partial charge in [0.1, 0.15) is 5.75 Å². The molecule has 0 bridgehead atoms. The third-order valence-corrected chi connectivity index (χ3v) is 4.35. The minimum absolute atomic E-state index is 0.127. The number of benzene rings is 1. The average Bonchev–Trinajstić information content (AvgIpc) is 2.38. The Morgan fingerprint density at radius 1 is 1.28 bits per heavy atom. The summed E-state index contributed by atoms with van der Waals surface area (Å²) in [4.78, 5) is 0. The minimum Gasteiger partial charge on any atom is -0.497 e. The van der Waals surface area contributed by atoms with Crippen molar-refractivity contribution in [1.82, 2.24) is 0 Å². The van der Waals surface area contributed by atoms with Crippen molar-refractivity contribution in [3.05, 3.63) is 29.8 Å². The van der Waals surface area contributed by atoms with E-state index in [1.165, 1.54) is 19.2 Å². The predicted molar refractivity (Wildman–Crippen MR) is 67.7 cm³/mol. The molecule has 0 N–H and O–H groups in total. The molecule has 1 aromatic carbocycles. The van der Waals surface area contributed by atoms with Crippen LogP contribution in [0.4, 0.5) is 4.39 Å². The lowest BCUT2D eigenvalue weighted by molar-refractivity contribution is 0.190. The number of halogens is 1. The Bertz CT molecular complexity index is 414. The molecule has 102 valence electrons. The second kappa shape index (κ2) is 6.88. The molecule has 1 rings (SSSR count). The van der Waals surface area contributed by atoms with Gasteiger partial charge in [-0.3, -0.25) is 4.57 Å². The highest BCUT2D eigenvalue weighted by Crippen LogP contribution is 2.61. The quantitative estimate of drug-likeness (QED) is 0.708. The molecule has 18 heavy (non-hydrogen) atoms. The number of rotatable bonds is 7. The van der Waals surface area contributed by atoms with Gasteiger partial charge in [-0.05, 0) is 26.0 Å². The summed E-state index contributed by atoms with van der Waals surface area (Å²) in [5.74, 6) is -1.32. The molecule has 0 fully saturated rings. The van der Waals surface area contributed by atoms with E-state index in [2.05, 4.69) is 0 Å². The van der Waals surface area contributed by atoms with Crippen LogP contribution in [-0.2, 0) is 13.6 Å². The highest BCUT2D eigenvalue weighted by Gasteiger charge is 2.37. The van der Waals surface area contributed by atoms with Crippen molar-refractivity contribution in [1.29, 1.82) is 0 Å². The lowest BCUT2D eigenvalue weighted by atomic mass is 10.2. The molecule has 1 atom stereocenters. The van der Waals surface area contributed by atoms with E-state index >= 15 is 0 Å². The fourth-order valence-electron chi connectivity index (χ4n) is 1.50. The first-order valence-electron chi connectivity index (χ1n) is 5.74. The molecule has 0 spiro atoms. The predicted octanol–water partition coefficient (Wildman–Crippen LogP) is 3.93. The summed E-state index contributed by atoms with van der Waals surface area (Å²) >= 11 is 0. The van der Waals surface area contributed by atoms with Crippen molar-refractivity contribution in [2.75, 3.05) is 20.3 Å². The summed E-state index contributed by atoms with van der Waals surface area (Å²) in [6, 6.07) is 6.32. The van der Waals surface area contributed by atoms with Gasteiger partial charge in [-0.25, -0.2) is 4.39 Å². The number of hydrogen-bond donors (Lipinski definition) is 0. The molecule has 0 radical (unpaired) electrons. The van der Waals surface area contributed by atoms with Crippen molar-refractivity contribution >= 4 is 7.60 Å². The molecule has 0 aromatic heterocycles. The Balaban J connectivity index is 3.01. The Morgan fingerprint density at radius 2 is 1.89 bits per heavy atom. The van der Waals surface area contributed by atoms with Crippen LogP contribution in [-0.4, -0.2) is 20.3 Å². The third-order valence-electron chi connectivity index (χ3n) is 2.26. The van der Waals surface area contributed by atoms with E-state index < -0.39 is 13.5 Å². The molecular formula is C12H18FO4P. The van der Waals surface area contributed by atoms with E-state index in [9.17, 15) is 8.96 Å². The maximum atomic E-state index is 14.3. The molecule has 0 amide bonds. The first-order chi connectivity index (χ1) is 8.57. The molecule has 0 heterocycles. The van der Waals surface area contributed by atoms with Crippen molar-refractivity contribution in [2.24, 2.45) is 0 Å². The molecule has 0 aliphatic carbocycles. The van der Waals surface area contributed by atoms with E-state index in [1.54, 1.807) is 26.0 Å². The average molecular weight is 276 g/mol. The number of alkyl halides is 1. The summed E-state index contributed by atoms with van der Waals surface area (Å²) in [5, 5.41) is 0. The SMILES string of the molecule is CCOP(=O)(OCC)C(F)c1cccc(OC)c1. The van der Waals surface area contributed by atoms with Crippen LogP contribution in [0.25, 0.3) is 0 Å². The lowest BCUT2D eigenvalue weighted by Gasteiger charge is -2.21. The minimum atomic E-state index is -3.78. The smallest absolute Gasteiger partial charge is 0.369 e. The van der Waals surface area contributed by atoms with E-state index in [0.717, 1.165) is 0 Å². The maximum Gasteiger partial charge on any atom is 0.369 e. The Labute approximate surface area is 107 Å². The fourth-order valence-corrected chi connectivity index (χ4v) is 3.08. The van der Waals surface area contributed by atoms with Crippen molar-refractivity contribution in [3.63, 3.8) is 0 Å². The molecule has 1 unspecified atom stereocenters. The highest BCUT2D eigenvalue weighted by atomic mass is 31.2. The summed E-state index contributed by atoms with van der Waals surface area (Å²) in [7, 11) is -2.30. The van der Waals surface area contributed by atoms with Crippen LogP contribution >= 0.6 is 7.60 Å². The third kappa shape index (κ3) is 3.55. The zero-order valence-electron chi connectivity index (χ0n) is 10.8. The van der Waals surface area contributed by atoms with Gasteiger partial charge in [0.05, 0.1) is 20.3 Å². The summed E-state index contributed by atoms with van der Waals surface area (Å²) in [5.41, 5.74) is 0.222. The standard InChI is InChI=1S/C12H18FO4P/c1-4-16-18(14,17-5-2)12(13)10-7-6-8-11(9-10)15-3/h6-9,12H,4-5H2,1-3H3. The van der Waals surface area contributed by atoms with Gasteiger partial charge in [0.25, 0.3) is 0 Å².